The monoisotopic (exact) mass is 429 g/mol. The number of carbonyl (C=O) groups is 1. The summed E-state index contributed by atoms with van der Waals surface area (Å²) in [6.45, 7) is 4.14. The number of fused-ring (bicyclic) bond motifs is 2. The smallest absolute Gasteiger partial charge is 0.329 e. The summed E-state index contributed by atoms with van der Waals surface area (Å²) in [5.74, 6) is -0.00803. The Hall–Kier alpha value is -3.48. The molecule has 3 aromatic heterocycles. The molecule has 1 aliphatic rings. The second-order valence-corrected chi connectivity index (χ2v) is 9.33. The van der Waals surface area contributed by atoms with Gasteiger partial charge in [-0.1, -0.05) is 24.3 Å². The van der Waals surface area contributed by atoms with Crippen LogP contribution in [0.5, 0.6) is 0 Å². The highest BCUT2D eigenvalue weighted by molar-refractivity contribution is 5.95. The van der Waals surface area contributed by atoms with Crippen molar-refractivity contribution in [3.8, 4) is 0 Å². The number of hydrogen-bond donors (Lipinski definition) is 0. The molecule has 3 heterocycles. The van der Waals surface area contributed by atoms with Gasteiger partial charge in [0.05, 0.1) is 34.9 Å². The van der Waals surface area contributed by atoms with Crippen LogP contribution in [0.2, 0.25) is 0 Å². The Labute approximate surface area is 186 Å². The molecule has 1 saturated carbocycles. The van der Waals surface area contributed by atoms with Crippen LogP contribution in [0.4, 0.5) is 0 Å². The van der Waals surface area contributed by atoms with Gasteiger partial charge in [0.2, 0.25) is 5.91 Å². The SMILES string of the molecule is CN(C)C(=O)C(C)(C)c1c(Cn2c(=O)n(C3CC3)c3ccncc32)ncc2ccccc12. The highest BCUT2D eigenvalue weighted by atomic mass is 16.2. The summed E-state index contributed by atoms with van der Waals surface area (Å²) in [5.41, 5.74) is 2.42. The predicted octanol–water partition coefficient (Wildman–Crippen LogP) is 3.50. The molecule has 0 bridgehead atoms. The second kappa shape index (κ2) is 7.29. The van der Waals surface area contributed by atoms with Gasteiger partial charge in [0.25, 0.3) is 0 Å². The molecule has 5 rings (SSSR count). The molecule has 0 unspecified atom stereocenters. The van der Waals surface area contributed by atoms with Crippen LogP contribution < -0.4 is 5.69 Å². The molecule has 1 fully saturated rings. The fourth-order valence-electron chi connectivity index (χ4n) is 4.80. The molecule has 1 aromatic carbocycles. The molecule has 1 aliphatic carbocycles. The number of rotatable bonds is 5. The predicted molar refractivity (Wildman–Crippen MR) is 125 cm³/mol. The Morgan fingerprint density at radius 2 is 1.88 bits per heavy atom. The minimum absolute atomic E-state index is 0.00803. The van der Waals surface area contributed by atoms with Gasteiger partial charge < -0.3 is 4.90 Å². The normalized spacial score (nSPS) is 14.2. The van der Waals surface area contributed by atoms with Crippen molar-refractivity contribution in [2.75, 3.05) is 14.1 Å². The first-order chi connectivity index (χ1) is 15.3. The van der Waals surface area contributed by atoms with Crippen LogP contribution in [0, 0.1) is 0 Å². The van der Waals surface area contributed by atoms with E-state index in [-0.39, 0.29) is 24.2 Å². The van der Waals surface area contributed by atoms with Gasteiger partial charge in [-0.25, -0.2) is 4.79 Å². The van der Waals surface area contributed by atoms with Gasteiger partial charge in [0.1, 0.15) is 0 Å². The minimum atomic E-state index is -0.816. The first kappa shape index (κ1) is 20.4. The highest BCUT2D eigenvalue weighted by Gasteiger charge is 2.36. The van der Waals surface area contributed by atoms with Crippen molar-refractivity contribution < 1.29 is 4.79 Å². The number of likely N-dealkylation sites (N-methyl/N-ethyl adjacent to an activating group) is 1. The Morgan fingerprint density at radius 3 is 2.59 bits per heavy atom. The first-order valence-corrected chi connectivity index (χ1v) is 10.9. The van der Waals surface area contributed by atoms with Crippen LogP contribution in [0.25, 0.3) is 21.8 Å². The fourth-order valence-corrected chi connectivity index (χ4v) is 4.80. The minimum Gasteiger partial charge on any atom is -0.348 e. The zero-order valence-electron chi connectivity index (χ0n) is 18.9. The number of hydrogen-bond acceptors (Lipinski definition) is 4. The third-order valence-electron chi connectivity index (χ3n) is 6.43. The van der Waals surface area contributed by atoms with Gasteiger partial charge in [0, 0.05) is 37.9 Å². The van der Waals surface area contributed by atoms with E-state index in [9.17, 15) is 9.59 Å². The molecule has 7 nitrogen and oxygen atoms in total. The maximum atomic E-state index is 13.4. The van der Waals surface area contributed by atoms with E-state index >= 15 is 0 Å². The lowest BCUT2D eigenvalue weighted by Gasteiger charge is -2.30. The summed E-state index contributed by atoms with van der Waals surface area (Å²) >= 11 is 0. The number of carbonyl (C=O) groups excluding carboxylic acids is 1. The Bertz CT molecular complexity index is 1410. The van der Waals surface area contributed by atoms with Crippen molar-refractivity contribution in [1.82, 2.24) is 24.0 Å². The zero-order chi connectivity index (χ0) is 22.6. The van der Waals surface area contributed by atoms with Crippen LogP contribution in [0.1, 0.15) is 44.0 Å². The molecule has 1 amide bonds. The lowest BCUT2D eigenvalue weighted by molar-refractivity contribution is -0.133. The molecule has 4 aromatic rings. The number of aromatic nitrogens is 4. The van der Waals surface area contributed by atoms with Crippen LogP contribution in [0.15, 0.2) is 53.7 Å². The molecular weight excluding hydrogens is 402 g/mol. The molecule has 0 spiro atoms. The summed E-state index contributed by atoms with van der Waals surface area (Å²) in [6.07, 6.45) is 7.33. The van der Waals surface area contributed by atoms with Crippen molar-refractivity contribution in [2.24, 2.45) is 0 Å². The number of imidazole rings is 1. The van der Waals surface area contributed by atoms with Crippen LogP contribution >= 0.6 is 0 Å². The van der Waals surface area contributed by atoms with E-state index in [2.05, 4.69) is 4.98 Å². The van der Waals surface area contributed by atoms with Crippen LogP contribution in [-0.4, -0.2) is 44.0 Å². The molecule has 7 heteroatoms. The average molecular weight is 430 g/mol. The second-order valence-electron chi connectivity index (χ2n) is 9.33. The van der Waals surface area contributed by atoms with E-state index in [0.29, 0.717) is 0 Å². The van der Waals surface area contributed by atoms with Crippen molar-refractivity contribution in [1.29, 1.82) is 0 Å². The largest absolute Gasteiger partial charge is 0.348 e. The molecule has 0 N–H and O–H groups in total. The Balaban J connectivity index is 1.74. The summed E-state index contributed by atoms with van der Waals surface area (Å²) in [5, 5.41) is 1.95. The third-order valence-corrected chi connectivity index (χ3v) is 6.43. The van der Waals surface area contributed by atoms with Gasteiger partial charge in [-0.15, -0.1) is 0 Å². The lowest BCUT2D eigenvalue weighted by atomic mass is 9.79. The Kier molecular flexibility index (Phi) is 4.65. The van der Waals surface area contributed by atoms with E-state index in [1.807, 2.05) is 54.9 Å². The summed E-state index contributed by atoms with van der Waals surface area (Å²) < 4.78 is 3.63. The molecule has 164 valence electrons. The molecule has 0 aliphatic heterocycles. The standard InChI is InChI=1S/C25H27N5O2/c1-25(2,23(31)28(3)4)22-18-8-6-5-7-16(18)13-27-19(22)15-29-21-14-26-12-11-20(21)30(24(29)32)17-9-10-17/h5-8,11-14,17H,9-10,15H2,1-4H3. The molecule has 32 heavy (non-hydrogen) atoms. The number of benzene rings is 1. The van der Waals surface area contributed by atoms with E-state index in [4.69, 9.17) is 4.98 Å². The average Bonchev–Trinajstić information content (AvgIpc) is 3.58. The van der Waals surface area contributed by atoms with Crippen LogP contribution in [-0.2, 0) is 16.8 Å². The van der Waals surface area contributed by atoms with Gasteiger partial charge in [-0.05, 0) is 43.7 Å². The van der Waals surface area contributed by atoms with Crippen molar-refractivity contribution in [3.63, 3.8) is 0 Å². The highest BCUT2D eigenvalue weighted by Crippen LogP contribution is 2.37. The van der Waals surface area contributed by atoms with Crippen LogP contribution in [0.3, 0.4) is 0 Å². The van der Waals surface area contributed by atoms with E-state index < -0.39 is 5.41 Å². The van der Waals surface area contributed by atoms with E-state index in [0.717, 1.165) is 45.9 Å². The summed E-state index contributed by atoms with van der Waals surface area (Å²) in [6, 6.07) is 10.1. The van der Waals surface area contributed by atoms with Gasteiger partial charge >= 0.3 is 5.69 Å². The Morgan fingerprint density at radius 1 is 1.12 bits per heavy atom. The number of nitrogens with zero attached hydrogens (tertiary/aromatic N) is 5. The maximum absolute atomic E-state index is 13.4. The number of pyridine rings is 2. The topological polar surface area (TPSA) is 73.0 Å². The van der Waals surface area contributed by atoms with Gasteiger partial charge in [-0.2, -0.15) is 0 Å². The van der Waals surface area contributed by atoms with Gasteiger partial charge in [0.15, 0.2) is 0 Å². The first-order valence-electron chi connectivity index (χ1n) is 10.9. The molecule has 0 saturated heterocycles. The van der Waals surface area contributed by atoms with E-state index in [1.165, 1.54) is 0 Å². The van der Waals surface area contributed by atoms with Gasteiger partial charge in [-0.3, -0.25) is 23.9 Å². The maximum Gasteiger partial charge on any atom is 0.329 e. The quantitative estimate of drug-likeness (QED) is 0.487. The van der Waals surface area contributed by atoms with Crippen molar-refractivity contribution >= 4 is 27.7 Å². The summed E-state index contributed by atoms with van der Waals surface area (Å²) in [4.78, 5) is 37.3. The number of amides is 1. The lowest BCUT2D eigenvalue weighted by Crippen LogP contribution is -2.40. The third kappa shape index (κ3) is 3.11. The van der Waals surface area contributed by atoms with Crippen molar-refractivity contribution in [3.05, 3.63) is 70.7 Å². The molecule has 0 atom stereocenters. The van der Waals surface area contributed by atoms with Crippen molar-refractivity contribution in [2.45, 2.75) is 44.7 Å². The zero-order valence-corrected chi connectivity index (χ0v) is 18.9. The van der Waals surface area contributed by atoms with E-state index in [1.54, 1.807) is 36.0 Å². The molecule has 0 radical (unpaired) electrons. The fraction of sp³-hybridized carbons (Fsp3) is 0.360. The summed E-state index contributed by atoms with van der Waals surface area (Å²) in [7, 11) is 3.53. The molecular formula is C25H27N5O2.